The van der Waals surface area contributed by atoms with Crippen LogP contribution in [0, 0.1) is 5.41 Å². The summed E-state index contributed by atoms with van der Waals surface area (Å²) in [6, 6.07) is 4.45. The number of aliphatic hydroxyl groups excluding tert-OH is 1. The summed E-state index contributed by atoms with van der Waals surface area (Å²) in [7, 11) is 1.55. The Morgan fingerprint density at radius 3 is 2.56 bits per heavy atom. The van der Waals surface area contributed by atoms with Crippen LogP contribution in [0.3, 0.4) is 0 Å². The number of methoxy groups -OCH3 is 1. The van der Waals surface area contributed by atoms with Crippen molar-refractivity contribution in [2.75, 3.05) is 13.7 Å². The smallest absolute Gasteiger partial charge is 0.120 e. The standard InChI is InChI=1S/C12H19NO3/c1-12(2,7-14)11(13)9-6-8(16-3)4-5-10(9)15/h4-6,11,14-15H,7,13H2,1-3H3/t11-/m0/s1. The summed E-state index contributed by atoms with van der Waals surface area (Å²) < 4.78 is 5.08. The van der Waals surface area contributed by atoms with Crippen molar-refractivity contribution in [3.63, 3.8) is 0 Å². The lowest BCUT2D eigenvalue weighted by molar-refractivity contribution is 0.131. The highest BCUT2D eigenvalue weighted by Crippen LogP contribution is 2.36. The van der Waals surface area contributed by atoms with Crippen molar-refractivity contribution in [1.82, 2.24) is 0 Å². The summed E-state index contributed by atoms with van der Waals surface area (Å²) in [6.45, 7) is 3.64. The molecule has 0 heterocycles. The Bertz CT molecular complexity index is 363. The molecule has 0 spiro atoms. The van der Waals surface area contributed by atoms with Crippen molar-refractivity contribution in [2.45, 2.75) is 19.9 Å². The van der Waals surface area contributed by atoms with Crippen molar-refractivity contribution < 1.29 is 14.9 Å². The van der Waals surface area contributed by atoms with Gasteiger partial charge in [0, 0.05) is 23.6 Å². The van der Waals surface area contributed by atoms with Crippen LogP contribution in [0.4, 0.5) is 0 Å². The first-order valence-corrected chi connectivity index (χ1v) is 5.15. The van der Waals surface area contributed by atoms with Gasteiger partial charge in [0.1, 0.15) is 11.5 Å². The number of hydrogen-bond acceptors (Lipinski definition) is 4. The first-order chi connectivity index (χ1) is 7.42. The molecular weight excluding hydrogens is 206 g/mol. The SMILES string of the molecule is COc1ccc(O)c([C@H](N)C(C)(C)CO)c1. The van der Waals surface area contributed by atoms with E-state index in [-0.39, 0.29) is 12.4 Å². The second-order valence-electron chi connectivity index (χ2n) is 4.55. The molecule has 4 nitrogen and oxygen atoms in total. The van der Waals surface area contributed by atoms with E-state index in [1.165, 1.54) is 0 Å². The van der Waals surface area contributed by atoms with E-state index in [0.717, 1.165) is 0 Å². The fourth-order valence-electron chi connectivity index (χ4n) is 1.43. The summed E-state index contributed by atoms with van der Waals surface area (Å²) in [6.07, 6.45) is 0. The molecule has 0 saturated heterocycles. The van der Waals surface area contributed by atoms with Crippen LogP contribution in [-0.4, -0.2) is 23.9 Å². The molecule has 0 fully saturated rings. The van der Waals surface area contributed by atoms with Crippen LogP contribution in [0.1, 0.15) is 25.5 Å². The molecule has 1 rings (SSSR count). The largest absolute Gasteiger partial charge is 0.508 e. The van der Waals surface area contributed by atoms with Gasteiger partial charge in [0.2, 0.25) is 0 Å². The molecule has 0 unspecified atom stereocenters. The zero-order chi connectivity index (χ0) is 12.3. The van der Waals surface area contributed by atoms with Gasteiger partial charge in [-0.3, -0.25) is 0 Å². The van der Waals surface area contributed by atoms with Crippen LogP contribution < -0.4 is 10.5 Å². The monoisotopic (exact) mass is 225 g/mol. The molecule has 0 aliphatic rings. The highest BCUT2D eigenvalue weighted by molar-refractivity contribution is 5.41. The maximum atomic E-state index is 9.74. The highest BCUT2D eigenvalue weighted by atomic mass is 16.5. The van der Waals surface area contributed by atoms with Crippen molar-refractivity contribution in [2.24, 2.45) is 11.1 Å². The second kappa shape index (κ2) is 4.72. The molecule has 0 amide bonds. The molecule has 0 aromatic heterocycles. The lowest BCUT2D eigenvalue weighted by Gasteiger charge is -2.30. The molecule has 90 valence electrons. The Hall–Kier alpha value is -1.26. The first-order valence-electron chi connectivity index (χ1n) is 5.15. The van der Waals surface area contributed by atoms with E-state index in [2.05, 4.69) is 0 Å². The van der Waals surface area contributed by atoms with Crippen molar-refractivity contribution in [3.05, 3.63) is 23.8 Å². The zero-order valence-corrected chi connectivity index (χ0v) is 9.90. The van der Waals surface area contributed by atoms with Gasteiger partial charge in [-0.1, -0.05) is 13.8 Å². The van der Waals surface area contributed by atoms with Gasteiger partial charge in [0.15, 0.2) is 0 Å². The van der Waals surface area contributed by atoms with E-state index >= 15 is 0 Å². The van der Waals surface area contributed by atoms with Gasteiger partial charge >= 0.3 is 0 Å². The fourth-order valence-corrected chi connectivity index (χ4v) is 1.43. The number of phenolic OH excluding ortho intramolecular Hbond substituents is 1. The summed E-state index contributed by atoms with van der Waals surface area (Å²) in [5.74, 6) is 0.756. The van der Waals surface area contributed by atoms with E-state index in [1.807, 2.05) is 13.8 Å². The van der Waals surface area contributed by atoms with Gasteiger partial charge in [0.25, 0.3) is 0 Å². The summed E-state index contributed by atoms with van der Waals surface area (Å²) >= 11 is 0. The van der Waals surface area contributed by atoms with Crippen LogP contribution in [0.25, 0.3) is 0 Å². The second-order valence-corrected chi connectivity index (χ2v) is 4.55. The molecule has 4 heteroatoms. The molecule has 1 aromatic rings. The van der Waals surface area contributed by atoms with Crippen LogP contribution in [0.2, 0.25) is 0 Å². The molecular formula is C12H19NO3. The fraction of sp³-hybridized carbons (Fsp3) is 0.500. The van der Waals surface area contributed by atoms with Gasteiger partial charge in [-0.05, 0) is 18.2 Å². The minimum atomic E-state index is -0.496. The number of ether oxygens (including phenoxy) is 1. The van der Waals surface area contributed by atoms with E-state index in [1.54, 1.807) is 25.3 Å². The van der Waals surface area contributed by atoms with Crippen molar-refractivity contribution in [3.8, 4) is 11.5 Å². The first kappa shape index (κ1) is 12.8. The molecule has 0 aliphatic carbocycles. The van der Waals surface area contributed by atoms with Crippen LogP contribution in [-0.2, 0) is 0 Å². The predicted molar refractivity (Wildman–Crippen MR) is 62.5 cm³/mol. The van der Waals surface area contributed by atoms with Gasteiger partial charge in [-0.15, -0.1) is 0 Å². The highest BCUT2D eigenvalue weighted by Gasteiger charge is 2.29. The maximum absolute atomic E-state index is 9.74. The lowest BCUT2D eigenvalue weighted by Crippen LogP contribution is -2.32. The zero-order valence-electron chi connectivity index (χ0n) is 9.90. The molecule has 16 heavy (non-hydrogen) atoms. The average Bonchev–Trinajstić information content (AvgIpc) is 2.29. The number of rotatable bonds is 4. The van der Waals surface area contributed by atoms with Crippen LogP contribution >= 0.6 is 0 Å². The summed E-state index contributed by atoms with van der Waals surface area (Å²) in [5.41, 5.74) is 6.12. The number of nitrogens with two attached hydrogens (primary N) is 1. The van der Waals surface area contributed by atoms with E-state index in [4.69, 9.17) is 10.5 Å². The number of aliphatic hydroxyl groups is 1. The third-order valence-corrected chi connectivity index (χ3v) is 2.82. The Labute approximate surface area is 95.7 Å². The Morgan fingerprint density at radius 2 is 2.06 bits per heavy atom. The number of benzene rings is 1. The third-order valence-electron chi connectivity index (χ3n) is 2.82. The molecule has 1 atom stereocenters. The predicted octanol–water partition coefficient (Wildman–Crippen LogP) is 1.42. The van der Waals surface area contributed by atoms with Gasteiger partial charge in [-0.2, -0.15) is 0 Å². The number of aromatic hydroxyl groups is 1. The minimum Gasteiger partial charge on any atom is -0.508 e. The van der Waals surface area contributed by atoms with Crippen molar-refractivity contribution >= 4 is 0 Å². The normalized spacial score (nSPS) is 13.6. The van der Waals surface area contributed by atoms with Gasteiger partial charge < -0.3 is 20.7 Å². The van der Waals surface area contributed by atoms with E-state index < -0.39 is 11.5 Å². The molecule has 4 N–H and O–H groups in total. The Balaban J connectivity index is 3.11. The number of hydrogen-bond donors (Lipinski definition) is 3. The number of phenols is 1. The topological polar surface area (TPSA) is 75.7 Å². The van der Waals surface area contributed by atoms with Crippen LogP contribution in [0.5, 0.6) is 11.5 Å². The quantitative estimate of drug-likeness (QED) is 0.724. The molecule has 0 bridgehead atoms. The summed E-state index contributed by atoms with van der Waals surface area (Å²) in [4.78, 5) is 0. The van der Waals surface area contributed by atoms with Crippen molar-refractivity contribution in [1.29, 1.82) is 0 Å². The van der Waals surface area contributed by atoms with Crippen LogP contribution in [0.15, 0.2) is 18.2 Å². The lowest BCUT2D eigenvalue weighted by atomic mass is 9.81. The van der Waals surface area contributed by atoms with Gasteiger partial charge in [-0.25, -0.2) is 0 Å². The Kier molecular flexibility index (Phi) is 3.78. The molecule has 1 aromatic carbocycles. The molecule has 0 saturated carbocycles. The van der Waals surface area contributed by atoms with E-state index in [9.17, 15) is 10.2 Å². The molecule has 0 aliphatic heterocycles. The minimum absolute atomic E-state index is 0.0508. The Morgan fingerprint density at radius 1 is 1.44 bits per heavy atom. The summed E-state index contributed by atoms with van der Waals surface area (Å²) in [5, 5.41) is 19.0. The maximum Gasteiger partial charge on any atom is 0.120 e. The molecule has 0 radical (unpaired) electrons. The average molecular weight is 225 g/mol. The van der Waals surface area contributed by atoms with E-state index in [0.29, 0.717) is 11.3 Å². The third kappa shape index (κ3) is 2.46. The van der Waals surface area contributed by atoms with Gasteiger partial charge in [0.05, 0.1) is 7.11 Å².